The zero-order chi connectivity index (χ0) is 13.0. The first kappa shape index (κ1) is 15.0. The SMILES string of the molecule is BrC[C@@H]1COC[C@H](CBr)N1Cc1ccc(Br)cc1. The van der Waals surface area contributed by atoms with E-state index < -0.39 is 0 Å². The number of halogens is 3. The molecular weight excluding hydrogens is 426 g/mol. The lowest BCUT2D eigenvalue weighted by atomic mass is 10.1. The molecule has 0 spiro atoms. The summed E-state index contributed by atoms with van der Waals surface area (Å²) in [5, 5.41) is 1.90. The molecule has 1 fully saturated rings. The number of nitrogens with zero attached hydrogens (tertiary/aromatic N) is 1. The molecule has 2 nitrogen and oxygen atoms in total. The number of rotatable bonds is 4. The molecule has 0 saturated carbocycles. The fourth-order valence-corrected chi connectivity index (χ4v) is 3.54. The number of ether oxygens (including phenoxy) is 1. The minimum Gasteiger partial charge on any atom is -0.378 e. The average Bonchev–Trinajstić information content (AvgIpc) is 2.41. The third-order valence-corrected chi connectivity index (χ3v) is 5.22. The largest absolute Gasteiger partial charge is 0.378 e. The predicted molar refractivity (Wildman–Crippen MR) is 85.7 cm³/mol. The first-order chi connectivity index (χ1) is 8.74. The lowest BCUT2D eigenvalue weighted by Crippen LogP contribution is -2.53. The molecule has 18 heavy (non-hydrogen) atoms. The van der Waals surface area contributed by atoms with Crippen molar-refractivity contribution in [3.05, 3.63) is 34.3 Å². The van der Waals surface area contributed by atoms with Crippen LogP contribution in [0.15, 0.2) is 28.7 Å². The van der Waals surface area contributed by atoms with Crippen LogP contribution >= 0.6 is 47.8 Å². The molecule has 1 aromatic rings. The van der Waals surface area contributed by atoms with E-state index in [0.717, 1.165) is 34.9 Å². The second-order valence-corrected chi connectivity index (χ2v) is 6.66. The highest BCUT2D eigenvalue weighted by atomic mass is 79.9. The van der Waals surface area contributed by atoms with Gasteiger partial charge in [-0.15, -0.1) is 0 Å². The molecule has 2 rings (SSSR count). The van der Waals surface area contributed by atoms with Gasteiger partial charge in [0, 0.05) is 33.8 Å². The molecule has 0 aromatic heterocycles. The number of benzene rings is 1. The van der Waals surface area contributed by atoms with Gasteiger partial charge in [0.1, 0.15) is 0 Å². The number of morpholine rings is 1. The molecule has 0 bridgehead atoms. The van der Waals surface area contributed by atoms with Gasteiger partial charge >= 0.3 is 0 Å². The lowest BCUT2D eigenvalue weighted by Gasteiger charge is -2.40. The first-order valence-corrected chi connectivity index (χ1v) is 8.98. The Morgan fingerprint density at radius 1 is 1.06 bits per heavy atom. The van der Waals surface area contributed by atoms with Crippen molar-refractivity contribution in [1.29, 1.82) is 0 Å². The Hall–Kier alpha value is 0.580. The summed E-state index contributed by atoms with van der Waals surface area (Å²) in [4.78, 5) is 2.52. The van der Waals surface area contributed by atoms with Crippen LogP contribution in [-0.2, 0) is 11.3 Å². The standard InChI is InChI=1S/C13H16Br3NO/c14-5-12-8-18-9-13(6-15)17(12)7-10-1-3-11(16)4-2-10/h1-4,12-13H,5-9H2/t12-,13+. The highest BCUT2D eigenvalue weighted by molar-refractivity contribution is 9.10. The molecule has 0 amide bonds. The van der Waals surface area contributed by atoms with Gasteiger partial charge in [-0.05, 0) is 17.7 Å². The van der Waals surface area contributed by atoms with E-state index in [4.69, 9.17) is 4.74 Å². The van der Waals surface area contributed by atoms with Crippen LogP contribution in [-0.4, -0.2) is 40.9 Å². The molecule has 1 aliphatic rings. The zero-order valence-electron chi connectivity index (χ0n) is 9.99. The van der Waals surface area contributed by atoms with Crippen LogP contribution in [0.3, 0.4) is 0 Å². The molecule has 1 saturated heterocycles. The molecule has 0 unspecified atom stereocenters. The lowest BCUT2D eigenvalue weighted by molar-refractivity contribution is -0.0367. The van der Waals surface area contributed by atoms with E-state index in [-0.39, 0.29) is 0 Å². The van der Waals surface area contributed by atoms with Crippen molar-refractivity contribution in [2.75, 3.05) is 23.9 Å². The van der Waals surface area contributed by atoms with Crippen LogP contribution in [0.1, 0.15) is 5.56 Å². The fraction of sp³-hybridized carbons (Fsp3) is 0.538. The van der Waals surface area contributed by atoms with Crippen LogP contribution in [0.25, 0.3) is 0 Å². The van der Waals surface area contributed by atoms with Crippen LogP contribution in [0.2, 0.25) is 0 Å². The van der Waals surface area contributed by atoms with E-state index in [2.05, 4.69) is 77.0 Å². The van der Waals surface area contributed by atoms with Crippen LogP contribution in [0.4, 0.5) is 0 Å². The van der Waals surface area contributed by atoms with Gasteiger partial charge in [0.05, 0.1) is 13.2 Å². The smallest absolute Gasteiger partial charge is 0.0631 e. The minimum absolute atomic E-state index is 0.449. The van der Waals surface area contributed by atoms with Crippen molar-refractivity contribution < 1.29 is 4.74 Å². The molecule has 0 radical (unpaired) electrons. The van der Waals surface area contributed by atoms with E-state index in [1.54, 1.807) is 0 Å². The third kappa shape index (κ3) is 3.79. The Labute approximate surface area is 133 Å². The summed E-state index contributed by atoms with van der Waals surface area (Å²) in [6.07, 6.45) is 0. The maximum atomic E-state index is 5.65. The Kier molecular flexibility index (Phi) is 6.15. The van der Waals surface area contributed by atoms with Gasteiger partial charge in [0.25, 0.3) is 0 Å². The van der Waals surface area contributed by atoms with Gasteiger partial charge in [-0.2, -0.15) is 0 Å². The van der Waals surface area contributed by atoms with Crippen LogP contribution < -0.4 is 0 Å². The fourth-order valence-electron chi connectivity index (χ4n) is 2.15. The molecule has 0 N–H and O–H groups in total. The molecule has 0 aliphatic carbocycles. The summed E-state index contributed by atoms with van der Waals surface area (Å²) in [6.45, 7) is 2.60. The molecule has 1 aliphatic heterocycles. The van der Waals surface area contributed by atoms with E-state index in [9.17, 15) is 0 Å². The zero-order valence-corrected chi connectivity index (χ0v) is 14.7. The molecule has 5 heteroatoms. The van der Waals surface area contributed by atoms with Gasteiger partial charge in [0.15, 0.2) is 0 Å². The molecule has 1 aromatic carbocycles. The predicted octanol–water partition coefficient (Wildman–Crippen LogP) is 3.81. The normalized spacial score (nSPS) is 25.3. The van der Waals surface area contributed by atoms with E-state index in [1.807, 2.05) is 0 Å². The molecule has 1 heterocycles. The van der Waals surface area contributed by atoms with Crippen molar-refractivity contribution in [1.82, 2.24) is 4.90 Å². The van der Waals surface area contributed by atoms with E-state index in [0.29, 0.717) is 12.1 Å². The molecule has 2 atom stereocenters. The van der Waals surface area contributed by atoms with Crippen molar-refractivity contribution in [2.45, 2.75) is 18.6 Å². The van der Waals surface area contributed by atoms with Crippen molar-refractivity contribution in [3.63, 3.8) is 0 Å². The van der Waals surface area contributed by atoms with E-state index in [1.165, 1.54) is 5.56 Å². The van der Waals surface area contributed by atoms with Gasteiger partial charge in [-0.3, -0.25) is 4.90 Å². The summed E-state index contributed by atoms with van der Waals surface area (Å²) in [6, 6.07) is 9.45. The average molecular weight is 442 g/mol. The maximum Gasteiger partial charge on any atom is 0.0631 e. The second-order valence-electron chi connectivity index (χ2n) is 4.45. The Bertz CT molecular complexity index is 359. The summed E-state index contributed by atoms with van der Waals surface area (Å²) in [5.41, 5.74) is 1.34. The Morgan fingerprint density at radius 3 is 2.11 bits per heavy atom. The molecular formula is C13H16Br3NO. The van der Waals surface area contributed by atoms with Crippen molar-refractivity contribution in [3.8, 4) is 0 Å². The van der Waals surface area contributed by atoms with Crippen molar-refractivity contribution >= 4 is 47.8 Å². The van der Waals surface area contributed by atoms with Gasteiger partial charge in [0.2, 0.25) is 0 Å². The highest BCUT2D eigenvalue weighted by Gasteiger charge is 2.29. The summed E-state index contributed by atoms with van der Waals surface area (Å²) >= 11 is 10.7. The topological polar surface area (TPSA) is 12.5 Å². The first-order valence-electron chi connectivity index (χ1n) is 5.94. The molecule has 100 valence electrons. The number of hydrogen-bond acceptors (Lipinski definition) is 2. The minimum atomic E-state index is 0.449. The van der Waals surface area contributed by atoms with Gasteiger partial charge in [-0.1, -0.05) is 59.9 Å². The number of alkyl halides is 2. The van der Waals surface area contributed by atoms with Crippen LogP contribution in [0, 0.1) is 0 Å². The Morgan fingerprint density at radius 2 is 1.61 bits per heavy atom. The van der Waals surface area contributed by atoms with Crippen molar-refractivity contribution in [2.24, 2.45) is 0 Å². The van der Waals surface area contributed by atoms with E-state index >= 15 is 0 Å². The third-order valence-electron chi connectivity index (χ3n) is 3.19. The summed E-state index contributed by atoms with van der Waals surface area (Å²) < 4.78 is 6.78. The van der Waals surface area contributed by atoms with Gasteiger partial charge in [-0.25, -0.2) is 0 Å². The quantitative estimate of drug-likeness (QED) is 0.659. The second kappa shape index (κ2) is 7.39. The monoisotopic (exact) mass is 439 g/mol. The summed E-state index contributed by atoms with van der Waals surface area (Å²) in [5.74, 6) is 0. The highest BCUT2D eigenvalue weighted by Crippen LogP contribution is 2.21. The summed E-state index contributed by atoms with van der Waals surface area (Å²) in [7, 11) is 0. The van der Waals surface area contributed by atoms with Gasteiger partial charge < -0.3 is 4.74 Å². The Balaban J connectivity index is 2.09. The number of hydrogen-bond donors (Lipinski definition) is 0. The maximum absolute atomic E-state index is 5.65. The van der Waals surface area contributed by atoms with Crippen LogP contribution in [0.5, 0.6) is 0 Å².